The molecular weight excluding hydrogens is 370 g/mol. The molecule has 0 saturated heterocycles. The molecule has 0 rings (SSSR count). The highest BCUT2D eigenvalue weighted by molar-refractivity contribution is 5.78. The maximum atomic E-state index is 12.0. The van der Waals surface area contributed by atoms with Crippen molar-refractivity contribution in [1.82, 2.24) is 0 Å². The van der Waals surface area contributed by atoms with Gasteiger partial charge >= 0.3 is 24.3 Å². The van der Waals surface area contributed by atoms with Gasteiger partial charge in [0.05, 0.1) is 12.3 Å². The first-order valence-electron chi connectivity index (χ1n) is 7.38. The number of hydrogen-bond donors (Lipinski definition) is 1. The van der Waals surface area contributed by atoms with Crippen molar-refractivity contribution in [2.45, 2.75) is 71.3 Å². The number of halogens is 6. The number of esters is 1. The Balaban J connectivity index is -0.000000556. The lowest BCUT2D eigenvalue weighted by Gasteiger charge is -2.21. The quantitative estimate of drug-likeness (QED) is 0.406. The second kappa shape index (κ2) is 12.4. The van der Waals surface area contributed by atoms with Crippen molar-refractivity contribution in [2.24, 2.45) is 5.92 Å². The normalized spacial score (nSPS) is 12.6. The van der Waals surface area contributed by atoms with Crippen molar-refractivity contribution in [3.8, 4) is 12.8 Å². The van der Waals surface area contributed by atoms with Crippen LogP contribution in [0.1, 0.15) is 53.4 Å². The predicted octanol–water partition coefficient (Wildman–Crippen LogP) is 4.97. The van der Waals surface area contributed by atoms with E-state index in [4.69, 9.17) is 9.84 Å². The molecule has 1 atom stereocenters. The number of rotatable bonds is 5. The zero-order chi connectivity index (χ0) is 21.8. The molecule has 0 aliphatic carbocycles. The van der Waals surface area contributed by atoms with Crippen LogP contribution in [0, 0.1) is 18.8 Å². The van der Waals surface area contributed by atoms with Gasteiger partial charge in [-0.1, -0.05) is 6.92 Å². The summed E-state index contributed by atoms with van der Waals surface area (Å²) in [5, 5.41) is 8.74. The molecule has 0 radical (unpaired) electrons. The van der Waals surface area contributed by atoms with E-state index in [2.05, 4.69) is 12.8 Å². The first kappa shape index (κ1) is 28.9. The van der Waals surface area contributed by atoms with Crippen LogP contribution in [0.4, 0.5) is 26.3 Å². The molecule has 0 heterocycles. The molecule has 4 nitrogen and oxygen atoms in total. The predicted molar refractivity (Wildman–Crippen MR) is 83.1 cm³/mol. The first-order chi connectivity index (χ1) is 11.5. The Hall–Kier alpha value is -1.92. The first-order valence-corrected chi connectivity index (χ1v) is 7.38. The molecule has 0 saturated carbocycles. The largest absolute Gasteiger partial charge is 0.481 e. The van der Waals surface area contributed by atoms with Gasteiger partial charge in [-0.15, -0.1) is 12.8 Å². The third kappa shape index (κ3) is 24.3. The number of ether oxygens (including phenoxy) is 1. The lowest BCUT2D eigenvalue weighted by atomic mass is 9.99. The number of carboxylic acid groups (broad SMARTS) is 1. The Bertz CT molecular complexity index is 433. The Morgan fingerprint density at radius 1 is 1.00 bits per heavy atom. The van der Waals surface area contributed by atoms with Crippen LogP contribution in [0.5, 0.6) is 0 Å². The van der Waals surface area contributed by atoms with Crippen LogP contribution in [-0.2, 0) is 14.3 Å². The van der Waals surface area contributed by atoms with Gasteiger partial charge in [0.1, 0.15) is 5.60 Å². The monoisotopic (exact) mass is 394 g/mol. The summed E-state index contributed by atoms with van der Waals surface area (Å²) < 4.78 is 73.2. The van der Waals surface area contributed by atoms with E-state index < -0.39 is 61.5 Å². The van der Waals surface area contributed by atoms with Crippen molar-refractivity contribution in [3.05, 3.63) is 0 Å². The van der Waals surface area contributed by atoms with Crippen LogP contribution >= 0.6 is 0 Å². The summed E-state index contributed by atoms with van der Waals surface area (Å²) in [4.78, 5) is 22.1. The Morgan fingerprint density at radius 3 is 1.62 bits per heavy atom. The smallest absolute Gasteiger partial charge is 0.389 e. The van der Waals surface area contributed by atoms with E-state index in [-0.39, 0.29) is 0 Å². The molecule has 1 N–H and O–H groups in total. The van der Waals surface area contributed by atoms with Crippen molar-refractivity contribution in [2.75, 3.05) is 0 Å². The van der Waals surface area contributed by atoms with Gasteiger partial charge in [-0.25, -0.2) is 0 Å². The molecule has 0 aromatic rings. The Kier molecular flexibility index (Phi) is 13.8. The second-order valence-corrected chi connectivity index (χ2v) is 5.95. The number of carbonyl (C=O) groups is 2. The van der Waals surface area contributed by atoms with Gasteiger partial charge in [-0.05, 0) is 27.2 Å². The van der Waals surface area contributed by atoms with Gasteiger partial charge < -0.3 is 9.84 Å². The zero-order valence-corrected chi connectivity index (χ0v) is 15.0. The zero-order valence-electron chi connectivity index (χ0n) is 15.0. The molecule has 0 aliphatic rings. The summed E-state index contributed by atoms with van der Waals surface area (Å²) in [6, 6.07) is 0. The van der Waals surface area contributed by atoms with Crippen LogP contribution < -0.4 is 0 Å². The fourth-order valence-corrected chi connectivity index (χ4v) is 1.24. The summed E-state index contributed by atoms with van der Waals surface area (Å²) in [7, 11) is 0. The van der Waals surface area contributed by atoms with Gasteiger partial charge in [-0.3, -0.25) is 9.59 Å². The molecule has 10 heteroatoms. The van der Waals surface area contributed by atoms with Gasteiger partial charge in [0.25, 0.3) is 0 Å². The van der Waals surface area contributed by atoms with Gasteiger partial charge in [0.2, 0.25) is 0 Å². The van der Waals surface area contributed by atoms with Crippen LogP contribution in [0.3, 0.4) is 0 Å². The lowest BCUT2D eigenvalue weighted by Crippen LogP contribution is -2.28. The van der Waals surface area contributed by atoms with E-state index >= 15 is 0 Å². The maximum Gasteiger partial charge on any atom is 0.389 e. The second-order valence-electron chi connectivity index (χ2n) is 5.95. The van der Waals surface area contributed by atoms with Crippen LogP contribution in [0.2, 0.25) is 0 Å². The summed E-state index contributed by atoms with van der Waals surface area (Å²) >= 11 is 0. The maximum absolute atomic E-state index is 12.0. The van der Waals surface area contributed by atoms with Crippen molar-refractivity contribution < 1.29 is 45.8 Å². The Labute approximate surface area is 148 Å². The fraction of sp³-hybridized carbons (Fsp3) is 0.750. The number of hydrogen-bond acceptors (Lipinski definition) is 3. The number of alkyl halides is 6. The molecule has 26 heavy (non-hydrogen) atoms. The molecule has 0 aromatic carbocycles. The minimum Gasteiger partial charge on any atom is -0.481 e. The number of carbonyl (C=O) groups excluding carboxylic acids is 1. The molecular formula is C16H24F6O4. The average molecular weight is 394 g/mol. The minimum atomic E-state index is -4.43. The standard InChI is InChI=1S/C11H17F3O4.C3H5F3.C2H2/c1-10(2,3)18-8(15)6-7(9(16)17)4-5-11(12,13)14;1-2-3(4,5)6;1-2/h7H,4-6H2,1-3H3,(H,16,17);2H2,1H3;1-2H/t7-;;/m1../s1. The summed E-state index contributed by atoms with van der Waals surface area (Å²) in [5.74, 6) is -3.61. The Morgan fingerprint density at radius 2 is 1.38 bits per heavy atom. The highest BCUT2D eigenvalue weighted by Crippen LogP contribution is 2.26. The highest BCUT2D eigenvalue weighted by Gasteiger charge is 2.32. The van der Waals surface area contributed by atoms with Gasteiger partial charge in [0, 0.05) is 12.8 Å². The van der Waals surface area contributed by atoms with Crippen molar-refractivity contribution >= 4 is 11.9 Å². The van der Waals surface area contributed by atoms with Crippen LogP contribution in [0.25, 0.3) is 0 Å². The van der Waals surface area contributed by atoms with E-state index in [1.165, 1.54) is 0 Å². The summed E-state index contributed by atoms with van der Waals surface area (Å²) in [5.41, 5.74) is -0.788. The van der Waals surface area contributed by atoms with E-state index in [0.717, 1.165) is 6.92 Å². The summed E-state index contributed by atoms with van der Waals surface area (Å²) in [6.07, 6.45) is -3.53. The number of carboxylic acids is 1. The molecule has 0 spiro atoms. The molecule has 0 aromatic heterocycles. The van der Waals surface area contributed by atoms with E-state index in [9.17, 15) is 35.9 Å². The van der Waals surface area contributed by atoms with Crippen molar-refractivity contribution in [3.63, 3.8) is 0 Å². The van der Waals surface area contributed by atoms with Crippen LogP contribution in [0.15, 0.2) is 0 Å². The number of aliphatic carboxylic acids is 1. The number of terminal acetylenes is 1. The molecule has 154 valence electrons. The minimum absolute atomic E-state index is 0.553. The fourth-order valence-electron chi connectivity index (χ4n) is 1.24. The molecule has 0 amide bonds. The topological polar surface area (TPSA) is 63.6 Å². The third-order valence-electron chi connectivity index (χ3n) is 2.36. The summed E-state index contributed by atoms with van der Waals surface area (Å²) in [6.45, 7) is 5.86. The van der Waals surface area contributed by atoms with E-state index in [1.54, 1.807) is 20.8 Å². The van der Waals surface area contributed by atoms with E-state index in [1.807, 2.05) is 0 Å². The SMILES string of the molecule is C#C.CC(C)(C)OC(=O)C[C@@H](CCC(F)(F)F)C(=O)O.CCC(F)(F)F. The average Bonchev–Trinajstić information content (AvgIpc) is 2.42. The van der Waals surface area contributed by atoms with Crippen LogP contribution in [-0.4, -0.2) is 35.0 Å². The van der Waals surface area contributed by atoms with Gasteiger partial charge in [0.15, 0.2) is 0 Å². The molecule has 0 aliphatic heterocycles. The molecule has 0 fully saturated rings. The molecule has 0 bridgehead atoms. The third-order valence-corrected chi connectivity index (χ3v) is 2.36. The lowest BCUT2D eigenvalue weighted by molar-refractivity contribution is -0.162. The van der Waals surface area contributed by atoms with E-state index in [0.29, 0.717) is 0 Å². The van der Waals surface area contributed by atoms with Gasteiger partial charge in [-0.2, -0.15) is 26.3 Å². The molecule has 0 unspecified atom stereocenters. The van der Waals surface area contributed by atoms with Crippen molar-refractivity contribution in [1.29, 1.82) is 0 Å². The highest BCUT2D eigenvalue weighted by atomic mass is 19.4.